The second kappa shape index (κ2) is 12.4. The largest absolute Gasteiger partial charge is 0.0683 e. The molecule has 3 saturated carbocycles. The minimum atomic E-state index is 1.02. The predicted octanol–water partition coefficient (Wildman–Crippen LogP) is 8.25. The van der Waals surface area contributed by atoms with Crippen molar-refractivity contribution in [1.29, 1.82) is 0 Å². The van der Waals surface area contributed by atoms with Gasteiger partial charge in [0.15, 0.2) is 0 Å². The van der Waals surface area contributed by atoms with E-state index in [0.717, 1.165) is 29.6 Å². The minimum Gasteiger partial charge on any atom is -0.0683 e. The standard InChI is InChI=1S/C19H34.2C2H6/c1-15-10-12-17(13-11-15)19-9-5-8-18(14-19)16-6-3-2-4-7-16;2*1-2/h15-19H,2-14H2,1H3;2*1-2H3. The van der Waals surface area contributed by atoms with E-state index in [-0.39, 0.29) is 0 Å². The fourth-order valence-electron chi connectivity index (χ4n) is 5.49. The van der Waals surface area contributed by atoms with Crippen molar-refractivity contribution >= 4 is 0 Å². The second-order valence-corrected chi connectivity index (χ2v) is 8.10. The van der Waals surface area contributed by atoms with Crippen molar-refractivity contribution in [3.05, 3.63) is 0 Å². The maximum absolute atomic E-state index is 2.46. The molecule has 0 aromatic heterocycles. The van der Waals surface area contributed by atoms with Gasteiger partial charge in [0, 0.05) is 0 Å². The van der Waals surface area contributed by atoms with E-state index in [1.54, 1.807) is 51.4 Å². The normalized spacial score (nSPS) is 35.3. The van der Waals surface area contributed by atoms with Crippen LogP contribution in [0.2, 0.25) is 0 Å². The summed E-state index contributed by atoms with van der Waals surface area (Å²) in [7, 11) is 0. The van der Waals surface area contributed by atoms with E-state index in [1.165, 1.54) is 32.1 Å². The second-order valence-electron chi connectivity index (χ2n) is 8.10. The lowest BCUT2D eigenvalue weighted by molar-refractivity contribution is 0.103. The molecule has 0 aliphatic heterocycles. The number of hydrogen-bond donors (Lipinski definition) is 0. The summed E-state index contributed by atoms with van der Waals surface area (Å²) in [6.45, 7) is 10.5. The summed E-state index contributed by atoms with van der Waals surface area (Å²) >= 11 is 0. The van der Waals surface area contributed by atoms with Crippen LogP contribution in [-0.2, 0) is 0 Å². The Labute approximate surface area is 148 Å². The maximum Gasteiger partial charge on any atom is -0.0383 e. The molecule has 3 aliphatic rings. The van der Waals surface area contributed by atoms with Crippen molar-refractivity contribution in [3.8, 4) is 0 Å². The first-order chi connectivity index (χ1) is 11.3. The van der Waals surface area contributed by atoms with Gasteiger partial charge in [0.25, 0.3) is 0 Å². The highest BCUT2D eigenvalue weighted by molar-refractivity contribution is 4.85. The molecule has 0 aromatic rings. The highest BCUT2D eigenvalue weighted by Crippen LogP contribution is 2.45. The van der Waals surface area contributed by atoms with Gasteiger partial charge in [-0.1, -0.05) is 98.8 Å². The first-order valence-corrected chi connectivity index (χ1v) is 11.3. The van der Waals surface area contributed by atoms with E-state index in [0.29, 0.717) is 0 Å². The van der Waals surface area contributed by atoms with Crippen molar-refractivity contribution in [2.24, 2.45) is 29.6 Å². The van der Waals surface area contributed by atoms with Gasteiger partial charge in [0.2, 0.25) is 0 Å². The molecule has 3 fully saturated rings. The molecule has 2 atom stereocenters. The first-order valence-electron chi connectivity index (χ1n) is 11.3. The van der Waals surface area contributed by atoms with Crippen molar-refractivity contribution < 1.29 is 0 Å². The van der Waals surface area contributed by atoms with E-state index in [1.807, 2.05) is 27.7 Å². The molecule has 0 nitrogen and oxygen atoms in total. The third-order valence-electron chi connectivity index (χ3n) is 6.80. The maximum atomic E-state index is 2.46. The Bertz CT molecular complexity index is 255. The summed E-state index contributed by atoms with van der Waals surface area (Å²) in [5.74, 6) is 5.50. The van der Waals surface area contributed by atoms with Crippen molar-refractivity contribution in [2.45, 2.75) is 118 Å². The minimum absolute atomic E-state index is 1.02. The summed E-state index contributed by atoms with van der Waals surface area (Å²) < 4.78 is 0. The molecule has 0 heterocycles. The fraction of sp³-hybridized carbons (Fsp3) is 1.00. The average Bonchev–Trinajstić information content (AvgIpc) is 2.66. The van der Waals surface area contributed by atoms with Crippen LogP contribution >= 0.6 is 0 Å². The highest BCUT2D eigenvalue weighted by atomic mass is 14.4. The van der Waals surface area contributed by atoms with E-state index in [4.69, 9.17) is 0 Å². The zero-order valence-electron chi connectivity index (χ0n) is 17.1. The van der Waals surface area contributed by atoms with Gasteiger partial charge in [-0.3, -0.25) is 0 Å². The molecule has 23 heavy (non-hydrogen) atoms. The lowest BCUT2D eigenvalue weighted by Crippen LogP contribution is -2.29. The molecule has 0 N–H and O–H groups in total. The molecule has 0 heteroatoms. The van der Waals surface area contributed by atoms with E-state index < -0.39 is 0 Å². The Kier molecular flexibility index (Phi) is 11.3. The molecule has 0 bridgehead atoms. The molecule has 3 aliphatic carbocycles. The third kappa shape index (κ3) is 6.79. The van der Waals surface area contributed by atoms with Crippen LogP contribution in [0.25, 0.3) is 0 Å². The van der Waals surface area contributed by atoms with Crippen LogP contribution in [0.1, 0.15) is 118 Å². The molecule has 0 radical (unpaired) electrons. The fourth-order valence-corrected chi connectivity index (χ4v) is 5.49. The Hall–Kier alpha value is 0. The van der Waals surface area contributed by atoms with Gasteiger partial charge >= 0.3 is 0 Å². The van der Waals surface area contributed by atoms with Crippen LogP contribution in [0.3, 0.4) is 0 Å². The van der Waals surface area contributed by atoms with Gasteiger partial charge in [0.1, 0.15) is 0 Å². The summed E-state index contributed by atoms with van der Waals surface area (Å²) in [5.41, 5.74) is 0. The summed E-state index contributed by atoms with van der Waals surface area (Å²) in [6, 6.07) is 0. The molecule has 0 saturated heterocycles. The molecule has 2 unspecified atom stereocenters. The van der Waals surface area contributed by atoms with Crippen LogP contribution in [-0.4, -0.2) is 0 Å². The SMILES string of the molecule is CC.CC.CC1CCC(C2CCCC(C3CCCCC3)C2)CC1. The van der Waals surface area contributed by atoms with Gasteiger partial charge in [-0.2, -0.15) is 0 Å². The molecule has 138 valence electrons. The van der Waals surface area contributed by atoms with Crippen LogP contribution in [0, 0.1) is 29.6 Å². The molecular formula is C23H46. The van der Waals surface area contributed by atoms with E-state index in [9.17, 15) is 0 Å². The predicted molar refractivity (Wildman–Crippen MR) is 106 cm³/mol. The van der Waals surface area contributed by atoms with Gasteiger partial charge in [-0.05, 0) is 48.9 Å². The van der Waals surface area contributed by atoms with E-state index in [2.05, 4.69) is 6.92 Å². The lowest BCUT2D eigenvalue weighted by atomic mass is 9.65. The quantitative estimate of drug-likeness (QED) is 0.480. The van der Waals surface area contributed by atoms with Crippen molar-refractivity contribution in [2.75, 3.05) is 0 Å². The van der Waals surface area contributed by atoms with Crippen molar-refractivity contribution in [3.63, 3.8) is 0 Å². The van der Waals surface area contributed by atoms with Crippen LogP contribution < -0.4 is 0 Å². The molecule has 0 spiro atoms. The Morgan fingerprint density at radius 1 is 0.435 bits per heavy atom. The van der Waals surface area contributed by atoms with Gasteiger partial charge in [-0.15, -0.1) is 0 Å². The van der Waals surface area contributed by atoms with Gasteiger partial charge < -0.3 is 0 Å². The van der Waals surface area contributed by atoms with Crippen molar-refractivity contribution in [1.82, 2.24) is 0 Å². The average molecular weight is 323 g/mol. The summed E-state index contributed by atoms with van der Waals surface area (Å²) in [6.07, 6.45) is 20.2. The monoisotopic (exact) mass is 322 g/mol. The van der Waals surface area contributed by atoms with E-state index >= 15 is 0 Å². The smallest absolute Gasteiger partial charge is 0.0383 e. The first kappa shape index (κ1) is 21.0. The topological polar surface area (TPSA) is 0 Å². The summed E-state index contributed by atoms with van der Waals surface area (Å²) in [5, 5.41) is 0. The van der Waals surface area contributed by atoms with Crippen LogP contribution in [0.5, 0.6) is 0 Å². The van der Waals surface area contributed by atoms with Crippen LogP contribution in [0.4, 0.5) is 0 Å². The number of rotatable bonds is 2. The van der Waals surface area contributed by atoms with Gasteiger partial charge in [0.05, 0.1) is 0 Å². The van der Waals surface area contributed by atoms with Crippen LogP contribution in [0.15, 0.2) is 0 Å². The Balaban J connectivity index is 0.000000615. The summed E-state index contributed by atoms with van der Waals surface area (Å²) in [4.78, 5) is 0. The molecule has 0 amide bonds. The lowest BCUT2D eigenvalue weighted by Gasteiger charge is -2.41. The van der Waals surface area contributed by atoms with Gasteiger partial charge in [-0.25, -0.2) is 0 Å². The zero-order valence-corrected chi connectivity index (χ0v) is 17.1. The highest BCUT2D eigenvalue weighted by Gasteiger charge is 2.33. The zero-order chi connectivity index (χ0) is 17.1. The number of hydrogen-bond acceptors (Lipinski definition) is 0. The Morgan fingerprint density at radius 2 is 0.870 bits per heavy atom. The Morgan fingerprint density at radius 3 is 1.39 bits per heavy atom. The molecule has 3 rings (SSSR count). The molecule has 0 aromatic carbocycles. The molecular weight excluding hydrogens is 276 g/mol. The third-order valence-corrected chi connectivity index (χ3v) is 6.80.